The molecule has 5 aliphatic rings. The molecule has 0 N–H and O–H groups in total. The number of carbonyl (C=O) groups is 5. The Morgan fingerprint density at radius 2 is 1.19 bits per heavy atom. The summed E-state index contributed by atoms with van der Waals surface area (Å²) in [6, 6.07) is 14.8. The van der Waals surface area contributed by atoms with E-state index < -0.39 is 57.7 Å². The molecule has 236 valence electrons. The van der Waals surface area contributed by atoms with Crippen LogP contribution >= 0.6 is 0 Å². The molecular formula is C33H24N4O10. The first kappa shape index (κ1) is 29.6. The van der Waals surface area contributed by atoms with Crippen LogP contribution in [0.15, 0.2) is 84.9 Å². The second-order valence-corrected chi connectivity index (χ2v) is 12.0. The minimum Gasteiger partial charge on any atom is -0.423 e. The Morgan fingerprint density at radius 1 is 0.723 bits per heavy atom. The molecule has 3 aromatic rings. The van der Waals surface area contributed by atoms with Crippen LogP contribution in [0.5, 0.6) is 5.75 Å². The number of nitro benzene ring substituents is 2. The van der Waals surface area contributed by atoms with Crippen LogP contribution in [0.1, 0.15) is 37.5 Å². The van der Waals surface area contributed by atoms with Crippen molar-refractivity contribution in [1.29, 1.82) is 0 Å². The number of rotatable bonds is 9. The van der Waals surface area contributed by atoms with Crippen molar-refractivity contribution in [2.45, 2.75) is 6.42 Å². The lowest BCUT2D eigenvalue weighted by atomic mass is 9.63. The highest BCUT2D eigenvalue weighted by atomic mass is 16.6. The average Bonchev–Trinajstić information content (AvgIpc) is 3.86. The van der Waals surface area contributed by atoms with Gasteiger partial charge in [0.1, 0.15) is 12.3 Å². The van der Waals surface area contributed by atoms with Gasteiger partial charge in [0.2, 0.25) is 0 Å². The number of ketones is 1. The fraction of sp³-hybridized carbons (Fsp3) is 0.242. The molecule has 6 atom stereocenters. The molecule has 1 heterocycles. The van der Waals surface area contributed by atoms with E-state index in [1.165, 1.54) is 48.5 Å². The Kier molecular flexibility index (Phi) is 6.99. The number of carbonyl (C=O) groups excluding carboxylic acids is 5. The second-order valence-electron chi connectivity index (χ2n) is 12.0. The maximum Gasteiger partial charge on any atom is 0.343 e. The smallest absolute Gasteiger partial charge is 0.343 e. The zero-order valence-corrected chi connectivity index (χ0v) is 24.3. The monoisotopic (exact) mass is 636 g/mol. The summed E-state index contributed by atoms with van der Waals surface area (Å²) < 4.78 is 5.30. The average molecular weight is 637 g/mol. The van der Waals surface area contributed by atoms with Gasteiger partial charge in [-0.1, -0.05) is 12.2 Å². The van der Waals surface area contributed by atoms with E-state index in [4.69, 9.17) is 4.74 Å². The molecule has 3 amide bonds. The lowest BCUT2D eigenvalue weighted by Crippen LogP contribution is -2.52. The molecule has 3 fully saturated rings. The molecule has 0 unspecified atom stereocenters. The molecule has 4 aliphatic carbocycles. The highest BCUT2D eigenvalue weighted by molar-refractivity contribution is 6.10. The predicted octanol–water partition coefficient (Wildman–Crippen LogP) is 4.02. The van der Waals surface area contributed by atoms with E-state index in [2.05, 4.69) is 0 Å². The molecule has 2 bridgehead atoms. The van der Waals surface area contributed by atoms with Gasteiger partial charge in [0.05, 0.1) is 27.2 Å². The molecule has 0 spiro atoms. The maximum atomic E-state index is 13.9. The van der Waals surface area contributed by atoms with E-state index in [9.17, 15) is 44.2 Å². The number of non-ortho nitro benzene ring substituents is 2. The van der Waals surface area contributed by atoms with E-state index in [0.29, 0.717) is 11.8 Å². The lowest BCUT2D eigenvalue weighted by Gasteiger charge is -2.37. The number of benzene rings is 3. The standard InChI is InChI=1S/C33H24N4O10/c38-27(17-5-11-22(12-6-17)47-33(42)19-3-9-21(10-4-19)37(45)46)16-34(30(39)18-1-7-20(8-2-18)36(43)44)35-31(40)28-23-13-14-24(26-15-25(23)26)29(28)32(35)41/h1-14,23-26,28-29H,15-16H2/t23-,24-,25-,26+,28-,29+/m0/s1. The van der Waals surface area contributed by atoms with Crippen molar-refractivity contribution >= 4 is 40.8 Å². The largest absolute Gasteiger partial charge is 0.423 e. The van der Waals surface area contributed by atoms with Gasteiger partial charge in [-0.15, -0.1) is 0 Å². The molecule has 14 heteroatoms. The summed E-state index contributed by atoms with van der Waals surface area (Å²) in [6.45, 7) is -0.690. The van der Waals surface area contributed by atoms with Crippen LogP contribution in [0.4, 0.5) is 11.4 Å². The highest BCUT2D eigenvalue weighted by Crippen LogP contribution is 2.65. The number of amides is 3. The van der Waals surface area contributed by atoms with Gasteiger partial charge < -0.3 is 4.74 Å². The number of Topliss-reactive ketones (excluding diaryl/α,β-unsaturated/α-hetero) is 1. The van der Waals surface area contributed by atoms with Crippen molar-refractivity contribution in [1.82, 2.24) is 10.0 Å². The fourth-order valence-corrected chi connectivity index (χ4v) is 7.11. The van der Waals surface area contributed by atoms with Crippen LogP contribution in [-0.2, 0) is 9.59 Å². The van der Waals surface area contributed by atoms with E-state index in [0.717, 1.165) is 40.7 Å². The summed E-state index contributed by atoms with van der Waals surface area (Å²) in [6.07, 6.45) is 4.91. The van der Waals surface area contributed by atoms with Gasteiger partial charge in [0.25, 0.3) is 29.1 Å². The van der Waals surface area contributed by atoms with E-state index in [1.54, 1.807) is 0 Å². The molecule has 1 saturated heterocycles. The highest BCUT2D eigenvalue weighted by Gasteiger charge is 2.68. The van der Waals surface area contributed by atoms with Crippen LogP contribution in [0, 0.1) is 55.7 Å². The van der Waals surface area contributed by atoms with Gasteiger partial charge in [-0.25, -0.2) is 9.80 Å². The number of ether oxygens (including phenoxy) is 1. The van der Waals surface area contributed by atoms with Gasteiger partial charge in [-0.2, -0.15) is 5.01 Å². The summed E-state index contributed by atoms with van der Waals surface area (Å²) in [4.78, 5) is 88.4. The number of allylic oxidation sites excluding steroid dienone is 2. The Hall–Kier alpha value is -6.05. The summed E-state index contributed by atoms with van der Waals surface area (Å²) >= 11 is 0. The Morgan fingerprint density at radius 3 is 1.68 bits per heavy atom. The number of esters is 1. The molecule has 3 aromatic carbocycles. The molecule has 0 radical (unpaired) electrons. The Bertz CT molecular complexity index is 1870. The van der Waals surface area contributed by atoms with Crippen molar-refractivity contribution in [2.24, 2.45) is 35.5 Å². The van der Waals surface area contributed by atoms with Gasteiger partial charge >= 0.3 is 5.97 Å². The van der Waals surface area contributed by atoms with Crippen molar-refractivity contribution < 1.29 is 38.6 Å². The minimum atomic E-state index is -0.854. The first-order valence-corrected chi connectivity index (χ1v) is 14.8. The van der Waals surface area contributed by atoms with E-state index >= 15 is 0 Å². The molecule has 47 heavy (non-hydrogen) atoms. The molecule has 14 nitrogen and oxygen atoms in total. The van der Waals surface area contributed by atoms with Crippen LogP contribution in [0.2, 0.25) is 0 Å². The van der Waals surface area contributed by atoms with Crippen molar-refractivity contribution in [3.63, 3.8) is 0 Å². The van der Waals surface area contributed by atoms with E-state index in [-0.39, 0.29) is 45.7 Å². The zero-order chi connectivity index (χ0) is 33.1. The Labute approximate surface area is 265 Å². The van der Waals surface area contributed by atoms with Crippen LogP contribution < -0.4 is 4.74 Å². The zero-order valence-electron chi connectivity index (χ0n) is 24.3. The third kappa shape index (κ3) is 5.03. The van der Waals surface area contributed by atoms with Gasteiger partial charge in [0.15, 0.2) is 5.78 Å². The fourth-order valence-electron chi connectivity index (χ4n) is 7.11. The number of hydrogen-bond donors (Lipinski definition) is 0. The number of imide groups is 1. The van der Waals surface area contributed by atoms with Crippen molar-refractivity contribution in [3.05, 3.63) is 122 Å². The predicted molar refractivity (Wildman–Crippen MR) is 160 cm³/mol. The number of hydrogen-bond acceptors (Lipinski definition) is 10. The second kappa shape index (κ2) is 11.1. The van der Waals surface area contributed by atoms with Crippen molar-refractivity contribution in [2.75, 3.05) is 6.54 Å². The lowest BCUT2D eigenvalue weighted by molar-refractivity contribution is -0.385. The Balaban J connectivity index is 1.12. The van der Waals surface area contributed by atoms with Crippen molar-refractivity contribution in [3.8, 4) is 5.75 Å². The number of nitro groups is 2. The van der Waals surface area contributed by atoms with Gasteiger partial charge in [0, 0.05) is 35.4 Å². The first-order chi connectivity index (χ1) is 22.5. The topological polar surface area (TPSA) is 187 Å². The van der Waals surface area contributed by atoms with Gasteiger partial charge in [-0.05, 0) is 78.6 Å². The quantitative estimate of drug-likeness (QED) is 0.0631. The summed E-state index contributed by atoms with van der Waals surface area (Å²) in [5.74, 6) is -4.18. The number of hydrazine groups is 1. The van der Waals surface area contributed by atoms with E-state index in [1.807, 2.05) is 12.2 Å². The molecular weight excluding hydrogens is 612 g/mol. The van der Waals surface area contributed by atoms with Crippen LogP contribution in [0.3, 0.4) is 0 Å². The van der Waals surface area contributed by atoms with Crippen LogP contribution in [0.25, 0.3) is 0 Å². The third-order valence-corrected chi connectivity index (χ3v) is 9.43. The first-order valence-electron chi connectivity index (χ1n) is 14.8. The minimum absolute atomic E-state index is 0.0590. The normalized spacial score (nSPS) is 24.7. The summed E-state index contributed by atoms with van der Waals surface area (Å²) in [7, 11) is 0. The van der Waals surface area contributed by atoms with Gasteiger partial charge in [-0.3, -0.25) is 39.4 Å². The van der Waals surface area contributed by atoms with Crippen LogP contribution in [-0.4, -0.2) is 55.9 Å². The summed E-state index contributed by atoms with van der Waals surface area (Å²) in [5, 5.41) is 23.6. The molecule has 0 aromatic heterocycles. The summed E-state index contributed by atoms with van der Waals surface area (Å²) in [5.41, 5.74) is -0.364. The SMILES string of the molecule is O=C(CN(C(=O)c1ccc([N+](=O)[O-])cc1)N1C(=O)[C@@H]2[C@H]3C=C[C@@H]([C@@H]4C[C@H]34)[C@@H]2C1=O)c1ccc(OC(=O)c2ccc([N+](=O)[O-])cc2)cc1. The molecule has 2 saturated carbocycles. The molecule has 8 rings (SSSR count). The third-order valence-electron chi connectivity index (χ3n) is 9.43. The number of nitrogens with zero attached hydrogens (tertiary/aromatic N) is 4. The maximum absolute atomic E-state index is 13.9. The molecule has 1 aliphatic heterocycles.